The smallest absolute Gasteiger partial charge is 0.278 e. The minimum absolute atomic E-state index is 0.122. The van der Waals surface area contributed by atoms with Gasteiger partial charge in [0.05, 0.1) is 11.9 Å². The third-order valence-corrected chi connectivity index (χ3v) is 2.64. The molecule has 0 fully saturated rings. The zero-order valence-electron chi connectivity index (χ0n) is 9.49. The van der Waals surface area contributed by atoms with Crippen LogP contribution in [0.1, 0.15) is 0 Å². The molecule has 3 rings (SSSR count). The fraction of sp³-hybridized carbons (Fsp3) is 0. The molecule has 0 aliphatic heterocycles. The van der Waals surface area contributed by atoms with Crippen molar-refractivity contribution in [2.75, 3.05) is 0 Å². The summed E-state index contributed by atoms with van der Waals surface area (Å²) in [7, 11) is 0. The van der Waals surface area contributed by atoms with E-state index in [9.17, 15) is 4.79 Å². The van der Waals surface area contributed by atoms with Crippen molar-refractivity contribution in [2.45, 2.75) is 0 Å². The molecule has 0 aliphatic carbocycles. The molecule has 0 aliphatic rings. The molecule has 0 amide bonds. The van der Waals surface area contributed by atoms with Gasteiger partial charge in [0.15, 0.2) is 5.69 Å². The molecular formula is C11H7ClN6O. The van der Waals surface area contributed by atoms with Crippen molar-refractivity contribution in [2.24, 2.45) is 10.2 Å². The molecule has 1 aromatic carbocycles. The van der Waals surface area contributed by atoms with Crippen molar-refractivity contribution in [3.8, 4) is 0 Å². The lowest BCUT2D eigenvalue weighted by Gasteiger charge is -1.94. The standard InChI is InChI=1S/C11H7ClN6O/c12-7-1-3-8(4-2-7)16-17-9-5-13-11-14-6-15-18(11)10(9)19/h1-6H,(H,13,14,15). The van der Waals surface area contributed by atoms with E-state index in [-0.39, 0.29) is 17.0 Å². The van der Waals surface area contributed by atoms with Crippen LogP contribution in [-0.2, 0) is 0 Å². The van der Waals surface area contributed by atoms with Crippen molar-refractivity contribution in [3.63, 3.8) is 0 Å². The molecule has 0 saturated carbocycles. The molecule has 3 aromatic rings. The maximum atomic E-state index is 11.9. The highest BCUT2D eigenvalue weighted by molar-refractivity contribution is 6.30. The number of fused-ring (bicyclic) bond motifs is 1. The Bertz CT molecular complexity index is 804. The minimum Gasteiger partial charge on any atom is -0.278 e. The van der Waals surface area contributed by atoms with E-state index in [1.165, 1.54) is 17.0 Å². The van der Waals surface area contributed by atoms with Gasteiger partial charge in [-0.1, -0.05) is 11.6 Å². The second kappa shape index (κ2) is 4.62. The molecule has 2 heterocycles. The molecule has 7 nitrogen and oxygen atoms in total. The van der Waals surface area contributed by atoms with E-state index in [4.69, 9.17) is 11.6 Å². The van der Waals surface area contributed by atoms with E-state index in [1.807, 2.05) is 0 Å². The maximum absolute atomic E-state index is 11.9. The van der Waals surface area contributed by atoms with Gasteiger partial charge in [-0.05, 0) is 24.3 Å². The molecule has 0 bridgehead atoms. The average molecular weight is 275 g/mol. The number of hydrogen-bond acceptors (Lipinski definition) is 5. The van der Waals surface area contributed by atoms with Crippen LogP contribution < -0.4 is 5.56 Å². The van der Waals surface area contributed by atoms with Crippen molar-refractivity contribution in [3.05, 3.63) is 52.2 Å². The first-order valence-electron chi connectivity index (χ1n) is 5.32. The lowest BCUT2D eigenvalue weighted by atomic mass is 10.3. The van der Waals surface area contributed by atoms with Gasteiger partial charge >= 0.3 is 5.56 Å². The van der Waals surface area contributed by atoms with Gasteiger partial charge in [0, 0.05) is 5.02 Å². The Hall–Kier alpha value is -2.54. The number of benzene rings is 1. The highest BCUT2D eigenvalue weighted by Crippen LogP contribution is 2.18. The number of nitrogens with one attached hydrogen (secondary N) is 1. The molecule has 0 radical (unpaired) electrons. The van der Waals surface area contributed by atoms with Crippen molar-refractivity contribution >= 4 is 28.8 Å². The molecule has 0 atom stereocenters. The molecule has 0 spiro atoms. The lowest BCUT2D eigenvalue weighted by molar-refractivity contribution is 0.894. The maximum Gasteiger partial charge on any atom is 0.301 e. The average Bonchev–Trinajstić information content (AvgIpc) is 2.89. The summed E-state index contributed by atoms with van der Waals surface area (Å²) >= 11 is 5.76. The Labute approximate surface area is 111 Å². The summed E-state index contributed by atoms with van der Waals surface area (Å²) in [6.45, 7) is 0. The molecule has 94 valence electrons. The van der Waals surface area contributed by atoms with Crippen LogP contribution in [0.15, 0.2) is 51.8 Å². The van der Waals surface area contributed by atoms with E-state index >= 15 is 0 Å². The number of hydrogen-bond donors (Lipinski definition) is 1. The SMILES string of the molecule is O=c1c(N=Nc2ccc(Cl)cc2)cnc2nc[nH]n12. The predicted octanol–water partition coefficient (Wildman–Crippen LogP) is 2.49. The molecule has 2 aromatic heterocycles. The Balaban J connectivity index is 1.99. The molecular weight excluding hydrogens is 268 g/mol. The quantitative estimate of drug-likeness (QED) is 0.728. The van der Waals surface area contributed by atoms with Crippen LogP contribution in [-0.4, -0.2) is 19.6 Å². The van der Waals surface area contributed by atoms with Crippen LogP contribution in [0, 0.1) is 0 Å². The summed E-state index contributed by atoms with van der Waals surface area (Å²) in [6.07, 6.45) is 2.71. The van der Waals surface area contributed by atoms with E-state index in [0.29, 0.717) is 10.7 Å². The number of rotatable bonds is 2. The van der Waals surface area contributed by atoms with Crippen LogP contribution in [0.5, 0.6) is 0 Å². The number of nitrogens with zero attached hydrogens (tertiary/aromatic N) is 5. The summed E-state index contributed by atoms with van der Waals surface area (Å²) in [5.41, 5.74) is 0.357. The summed E-state index contributed by atoms with van der Waals surface area (Å²) < 4.78 is 1.19. The molecule has 0 saturated heterocycles. The van der Waals surface area contributed by atoms with E-state index < -0.39 is 0 Å². The topological polar surface area (TPSA) is 87.8 Å². The largest absolute Gasteiger partial charge is 0.301 e. The zero-order valence-corrected chi connectivity index (χ0v) is 10.2. The van der Waals surface area contributed by atoms with Crippen LogP contribution >= 0.6 is 11.6 Å². The van der Waals surface area contributed by atoms with Gasteiger partial charge in [-0.25, -0.2) is 9.97 Å². The fourth-order valence-electron chi connectivity index (χ4n) is 1.48. The monoisotopic (exact) mass is 274 g/mol. The number of halogens is 1. The van der Waals surface area contributed by atoms with Crippen LogP contribution in [0.25, 0.3) is 5.78 Å². The molecule has 19 heavy (non-hydrogen) atoms. The van der Waals surface area contributed by atoms with Gasteiger partial charge in [-0.15, -0.1) is 5.11 Å². The summed E-state index contributed by atoms with van der Waals surface area (Å²) in [4.78, 5) is 19.8. The molecule has 8 heteroatoms. The Kier molecular flexibility index (Phi) is 2.81. The van der Waals surface area contributed by atoms with Gasteiger partial charge in [-0.2, -0.15) is 9.63 Å². The first kappa shape index (κ1) is 11.5. The van der Waals surface area contributed by atoms with Gasteiger partial charge in [0.25, 0.3) is 5.78 Å². The Morgan fingerprint density at radius 3 is 2.74 bits per heavy atom. The Morgan fingerprint density at radius 2 is 1.95 bits per heavy atom. The van der Waals surface area contributed by atoms with Gasteiger partial charge in [0.1, 0.15) is 6.33 Å². The fourth-order valence-corrected chi connectivity index (χ4v) is 1.60. The van der Waals surface area contributed by atoms with Crippen LogP contribution in [0.4, 0.5) is 11.4 Å². The first-order valence-corrected chi connectivity index (χ1v) is 5.70. The second-order valence-corrected chi connectivity index (χ2v) is 4.08. The summed E-state index contributed by atoms with van der Waals surface area (Å²) in [6, 6.07) is 6.79. The molecule has 1 N–H and O–H groups in total. The van der Waals surface area contributed by atoms with Crippen molar-refractivity contribution in [1.29, 1.82) is 0 Å². The molecule has 0 unspecified atom stereocenters. The van der Waals surface area contributed by atoms with Crippen LogP contribution in [0.2, 0.25) is 5.02 Å². The Morgan fingerprint density at radius 1 is 1.16 bits per heavy atom. The lowest BCUT2D eigenvalue weighted by Crippen LogP contribution is -2.13. The minimum atomic E-state index is -0.361. The first-order chi connectivity index (χ1) is 9.24. The third kappa shape index (κ3) is 2.23. The second-order valence-electron chi connectivity index (χ2n) is 3.65. The van der Waals surface area contributed by atoms with Crippen molar-refractivity contribution < 1.29 is 0 Å². The van der Waals surface area contributed by atoms with Crippen LogP contribution in [0.3, 0.4) is 0 Å². The summed E-state index contributed by atoms with van der Waals surface area (Å²) in [5, 5.41) is 11.1. The zero-order chi connectivity index (χ0) is 13.2. The number of azo groups is 1. The number of aromatic amines is 1. The van der Waals surface area contributed by atoms with Crippen molar-refractivity contribution in [1.82, 2.24) is 19.6 Å². The van der Waals surface area contributed by atoms with Gasteiger partial charge < -0.3 is 0 Å². The van der Waals surface area contributed by atoms with E-state index in [2.05, 4.69) is 25.3 Å². The third-order valence-electron chi connectivity index (χ3n) is 2.39. The van der Waals surface area contributed by atoms with E-state index in [1.54, 1.807) is 24.3 Å². The number of aromatic nitrogens is 4. The number of H-pyrrole nitrogens is 1. The highest BCUT2D eigenvalue weighted by atomic mass is 35.5. The van der Waals surface area contributed by atoms with E-state index in [0.717, 1.165) is 0 Å². The summed E-state index contributed by atoms with van der Waals surface area (Å²) in [5.74, 6) is 0.287. The van der Waals surface area contributed by atoms with Gasteiger partial charge in [-0.3, -0.25) is 9.89 Å². The predicted molar refractivity (Wildman–Crippen MR) is 69.2 cm³/mol. The highest BCUT2D eigenvalue weighted by Gasteiger charge is 2.05. The van der Waals surface area contributed by atoms with Gasteiger partial charge in [0.2, 0.25) is 0 Å². The normalized spacial score (nSPS) is 11.4.